The highest BCUT2D eigenvalue weighted by molar-refractivity contribution is 5.88. The number of rotatable bonds is 6. The summed E-state index contributed by atoms with van der Waals surface area (Å²) in [6, 6.07) is 18.1. The molecule has 1 amide bonds. The number of nitrogens with one attached hydrogen (secondary N) is 2. The number of nitrogens with zero attached hydrogens (tertiary/aromatic N) is 2. The van der Waals surface area contributed by atoms with E-state index in [1.807, 2.05) is 49.5 Å². The van der Waals surface area contributed by atoms with Crippen molar-refractivity contribution in [3.8, 4) is 0 Å². The quantitative estimate of drug-likeness (QED) is 0.628. The molecule has 2 N–H and O–H groups in total. The average molecular weight is 338 g/mol. The van der Waals surface area contributed by atoms with E-state index < -0.39 is 0 Å². The van der Waals surface area contributed by atoms with E-state index in [1.54, 1.807) is 0 Å². The SMILES string of the molecule is CCNC(=NCc1cccc(NC(C)=O)c1)N(C)Cc1ccccc1. The van der Waals surface area contributed by atoms with E-state index in [2.05, 4.69) is 34.6 Å². The molecule has 0 bridgehead atoms. The Bertz CT molecular complexity index is 713. The second-order valence-corrected chi connectivity index (χ2v) is 5.89. The van der Waals surface area contributed by atoms with Gasteiger partial charge in [-0.05, 0) is 30.2 Å². The van der Waals surface area contributed by atoms with Crippen LogP contribution in [0, 0.1) is 0 Å². The Kier molecular flexibility index (Phi) is 7.01. The highest BCUT2D eigenvalue weighted by Gasteiger charge is 2.06. The standard InChI is InChI=1S/C20H26N4O/c1-4-21-20(24(3)15-17-9-6-5-7-10-17)22-14-18-11-8-12-19(13-18)23-16(2)25/h5-13H,4,14-15H2,1-3H3,(H,21,22)(H,23,25). The summed E-state index contributed by atoms with van der Waals surface area (Å²) in [6.45, 7) is 5.72. The fourth-order valence-electron chi connectivity index (χ4n) is 2.52. The molecular formula is C20H26N4O. The number of hydrogen-bond acceptors (Lipinski definition) is 2. The maximum Gasteiger partial charge on any atom is 0.221 e. The van der Waals surface area contributed by atoms with Crippen LogP contribution in [0.2, 0.25) is 0 Å². The summed E-state index contributed by atoms with van der Waals surface area (Å²) in [5.74, 6) is 0.785. The van der Waals surface area contributed by atoms with E-state index in [0.29, 0.717) is 6.54 Å². The predicted molar refractivity (Wildman–Crippen MR) is 103 cm³/mol. The number of carbonyl (C=O) groups is 1. The molecule has 0 aliphatic carbocycles. The van der Waals surface area contributed by atoms with Crippen molar-refractivity contribution in [1.82, 2.24) is 10.2 Å². The van der Waals surface area contributed by atoms with Gasteiger partial charge in [0.2, 0.25) is 5.91 Å². The lowest BCUT2D eigenvalue weighted by Crippen LogP contribution is -2.38. The third-order valence-corrected chi connectivity index (χ3v) is 3.62. The van der Waals surface area contributed by atoms with Gasteiger partial charge in [0.05, 0.1) is 6.54 Å². The summed E-state index contributed by atoms with van der Waals surface area (Å²) >= 11 is 0. The average Bonchev–Trinajstić information content (AvgIpc) is 2.59. The maximum atomic E-state index is 11.2. The predicted octanol–water partition coefficient (Wildman–Crippen LogP) is 3.24. The third kappa shape index (κ3) is 6.30. The molecule has 0 fully saturated rings. The Hall–Kier alpha value is -2.82. The van der Waals surface area contributed by atoms with Crippen LogP contribution in [0.3, 0.4) is 0 Å². The second kappa shape index (κ2) is 9.47. The van der Waals surface area contributed by atoms with Crippen molar-refractivity contribution in [2.45, 2.75) is 26.9 Å². The molecule has 5 nitrogen and oxygen atoms in total. The zero-order valence-electron chi connectivity index (χ0n) is 15.1. The minimum absolute atomic E-state index is 0.0726. The topological polar surface area (TPSA) is 56.7 Å². The molecule has 0 aliphatic rings. The second-order valence-electron chi connectivity index (χ2n) is 5.89. The number of hydrogen-bond donors (Lipinski definition) is 2. The van der Waals surface area contributed by atoms with Gasteiger partial charge in [-0.15, -0.1) is 0 Å². The lowest BCUT2D eigenvalue weighted by atomic mass is 10.2. The Morgan fingerprint density at radius 1 is 1.08 bits per heavy atom. The Morgan fingerprint density at radius 3 is 2.48 bits per heavy atom. The molecule has 0 spiro atoms. The van der Waals surface area contributed by atoms with Crippen molar-refractivity contribution in [2.75, 3.05) is 18.9 Å². The molecule has 0 unspecified atom stereocenters. The molecular weight excluding hydrogens is 312 g/mol. The van der Waals surface area contributed by atoms with E-state index in [4.69, 9.17) is 4.99 Å². The lowest BCUT2D eigenvalue weighted by Gasteiger charge is -2.22. The summed E-state index contributed by atoms with van der Waals surface area (Å²) in [5, 5.41) is 6.13. The molecule has 0 aromatic heterocycles. The van der Waals surface area contributed by atoms with Gasteiger partial charge in [0, 0.05) is 32.7 Å². The van der Waals surface area contributed by atoms with Crippen molar-refractivity contribution in [2.24, 2.45) is 4.99 Å². The first kappa shape index (κ1) is 18.5. The summed E-state index contributed by atoms with van der Waals surface area (Å²) < 4.78 is 0. The summed E-state index contributed by atoms with van der Waals surface area (Å²) in [5.41, 5.74) is 3.08. The van der Waals surface area contributed by atoms with Crippen LogP contribution >= 0.6 is 0 Å². The van der Waals surface area contributed by atoms with E-state index >= 15 is 0 Å². The van der Waals surface area contributed by atoms with E-state index in [9.17, 15) is 4.79 Å². The van der Waals surface area contributed by atoms with Gasteiger partial charge in [0.15, 0.2) is 5.96 Å². The van der Waals surface area contributed by atoms with Gasteiger partial charge in [-0.2, -0.15) is 0 Å². The Balaban J connectivity index is 2.07. The van der Waals surface area contributed by atoms with E-state index in [1.165, 1.54) is 12.5 Å². The van der Waals surface area contributed by atoms with Gasteiger partial charge in [0.25, 0.3) is 0 Å². The number of amides is 1. The summed E-state index contributed by atoms with van der Waals surface area (Å²) in [7, 11) is 2.03. The summed E-state index contributed by atoms with van der Waals surface area (Å²) in [6.07, 6.45) is 0. The largest absolute Gasteiger partial charge is 0.357 e. The molecule has 0 atom stereocenters. The van der Waals surface area contributed by atoms with Crippen molar-refractivity contribution in [3.63, 3.8) is 0 Å². The molecule has 2 aromatic rings. The first-order valence-electron chi connectivity index (χ1n) is 8.48. The van der Waals surface area contributed by atoms with Crippen LogP contribution < -0.4 is 10.6 Å². The van der Waals surface area contributed by atoms with Gasteiger partial charge in [-0.1, -0.05) is 42.5 Å². The van der Waals surface area contributed by atoms with E-state index in [0.717, 1.165) is 30.3 Å². The van der Waals surface area contributed by atoms with Crippen LogP contribution in [-0.4, -0.2) is 30.4 Å². The zero-order valence-corrected chi connectivity index (χ0v) is 15.1. The van der Waals surface area contributed by atoms with Crippen LogP contribution in [0.25, 0.3) is 0 Å². The van der Waals surface area contributed by atoms with Crippen molar-refractivity contribution in [1.29, 1.82) is 0 Å². The monoisotopic (exact) mass is 338 g/mol. The Morgan fingerprint density at radius 2 is 1.80 bits per heavy atom. The van der Waals surface area contributed by atoms with Gasteiger partial charge in [-0.3, -0.25) is 4.79 Å². The molecule has 132 valence electrons. The van der Waals surface area contributed by atoms with Gasteiger partial charge in [-0.25, -0.2) is 4.99 Å². The van der Waals surface area contributed by atoms with Gasteiger partial charge < -0.3 is 15.5 Å². The van der Waals surface area contributed by atoms with Gasteiger partial charge in [0.1, 0.15) is 0 Å². The normalized spacial score (nSPS) is 11.1. The van der Waals surface area contributed by atoms with Crippen molar-refractivity contribution in [3.05, 3.63) is 65.7 Å². The van der Waals surface area contributed by atoms with Crippen LogP contribution in [0.4, 0.5) is 5.69 Å². The van der Waals surface area contributed by atoms with Crippen LogP contribution in [0.15, 0.2) is 59.6 Å². The zero-order chi connectivity index (χ0) is 18.1. The number of carbonyl (C=O) groups excluding carboxylic acids is 1. The molecule has 2 rings (SSSR count). The molecule has 0 radical (unpaired) electrons. The molecule has 25 heavy (non-hydrogen) atoms. The fraction of sp³-hybridized carbons (Fsp3) is 0.300. The Labute approximate surface area is 149 Å². The molecule has 0 aliphatic heterocycles. The van der Waals surface area contributed by atoms with Gasteiger partial charge >= 0.3 is 0 Å². The fourth-order valence-corrected chi connectivity index (χ4v) is 2.52. The van der Waals surface area contributed by atoms with Crippen molar-refractivity contribution >= 4 is 17.6 Å². The molecule has 0 saturated carbocycles. The number of anilines is 1. The molecule has 5 heteroatoms. The number of guanidine groups is 1. The summed E-state index contributed by atoms with van der Waals surface area (Å²) in [4.78, 5) is 18.0. The van der Waals surface area contributed by atoms with Crippen LogP contribution in [0.1, 0.15) is 25.0 Å². The smallest absolute Gasteiger partial charge is 0.221 e. The number of benzene rings is 2. The highest BCUT2D eigenvalue weighted by Crippen LogP contribution is 2.12. The molecule has 0 saturated heterocycles. The molecule has 2 aromatic carbocycles. The minimum Gasteiger partial charge on any atom is -0.357 e. The first-order chi connectivity index (χ1) is 12.1. The van der Waals surface area contributed by atoms with E-state index in [-0.39, 0.29) is 5.91 Å². The first-order valence-corrected chi connectivity index (χ1v) is 8.48. The highest BCUT2D eigenvalue weighted by atomic mass is 16.1. The van der Waals surface area contributed by atoms with Crippen LogP contribution in [0.5, 0.6) is 0 Å². The molecule has 0 heterocycles. The maximum absolute atomic E-state index is 11.2. The number of aliphatic imine (C=N–C) groups is 1. The van der Waals surface area contributed by atoms with Crippen LogP contribution in [-0.2, 0) is 17.9 Å². The lowest BCUT2D eigenvalue weighted by molar-refractivity contribution is -0.114. The third-order valence-electron chi connectivity index (χ3n) is 3.62. The minimum atomic E-state index is -0.0726. The van der Waals surface area contributed by atoms with Crippen molar-refractivity contribution < 1.29 is 4.79 Å².